The molecule has 144 valence electrons. The van der Waals surface area contributed by atoms with Crippen molar-refractivity contribution in [3.05, 3.63) is 11.7 Å². The Bertz CT molecular complexity index is 661. The first-order chi connectivity index (χ1) is 12.2. The molecule has 1 aromatic heterocycles. The van der Waals surface area contributed by atoms with Crippen molar-refractivity contribution in [2.75, 3.05) is 0 Å². The van der Waals surface area contributed by atoms with E-state index in [0.717, 1.165) is 0 Å². The predicted molar refractivity (Wildman–Crippen MR) is 84.3 cm³/mol. The van der Waals surface area contributed by atoms with Crippen LogP contribution >= 0.6 is 0 Å². The van der Waals surface area contributed by atoms with Crippen molar-refractivity contribution in [2.24, 2.45) is 11.5 Å². The van der Waals surface area contributed by atoms with E-state index in [4.69, 9.17) is 26.2 Å². The zero-order valence-electron chi connectivity index (χ0n) is 13.7. The van der Waals surface area contributed by atoms with Crippen molar-refractivity contribution >= 4 is 23.9 Å². The minimum Gasteiger partial charge on any atom is -0.563 e. The van der Waals surface area contributed by atoms with Crippen molar-refractivity contribution in [3.63, 3.8) is 0 Å². The third-order valence-corrected chi connectivity index (χ3v) is 3.19. The summed E-state index contributed by atoms with van der Waals surface area (Å²) < 4.78 is 4.89. The maximum Gasteiger partial charge on any atom is 0.538 e. The zero-order chi connectivity index (χ0) is 19.7. The average Bonchev–Trinajstić information content (AvgIpc) is 3.03. The summed E-state index contributed by atoms with van der Waals surface area (Å²) in [5.41, 5.74) is 10.8. The summed E-state index contributed by atoms with van der Waals surface area (Å²) in [5, 5.41) is 23.8. The van der Waals surface area contributed by atoms with E-state index in [1.165, 1.54) is 0 Å². The van der Waals surface area contributed by atoms with E-state index in [1.54, 1.807) is 0 Å². The second kappa shape index (κ2) is 9.93. The molecule has 0 fully saturated rings. The molecule has 13 nitrogen and oxygen atoms in total. The predicted octanol–water partition coefficient (Wildman–Crippen LogP) is -2.38. The van der Waals surface area contributed by atoms with Gasteiger partial charge in [0.2, 0.25) is 11.8 Å². The molecule has 26 heavy (non-hydrogen) atoms. The molecule has 1 rings (SSSR count). The number of aliphatic carboxylic acids is 1. The lowest BCUT2D eigenvalue weighted by Gasteiger charge is -2.10. The number of hydrogen-bond acceptors (Lipinski definition) is 8. The van der Waals surface area contributed by atoms with Crippen molar-refractivity contribution in [2.45, 2.75) is 44.3 Å². The number of carbonyl (C=O) groups excluding carboxylic acids is 3. The van der Waals surface area contributed by atoms with Gasteiger partial charge in [0.05, 0.1) is 12.6 Å². The number of carboxylic acids is 1. The van der Waals surface area contributed by atoms with E-state index in [1.807, 2.05) is 0 Å². The van der Waals surface area contributed by atoms with Gasteiger partial charge in [0.1, 0.15) is 0 Å². The van der Waals surface area contributed by atoms with Crippen molar-refractivity contribution in [3.8, 4) is 0 Å². The first-order valence-electron chi connectivity index (χ1n) is 7.57. The van der Waals surface area contributed by atoms with E-state index in [0.29, 0.717) is 0 Å². The third-order valence-electron chi connectivity index (χ3n) is 3.19. The van der Waals surface area contributed by atoms with Gasteiger partial charge in [-0.25, -0.2) is 4.79 Å². The van der Waals surface area contributed by atoms with Gasteiger partial charge in [0.25, 0.3) is 0 Å². The Balaban J connectivity index is 2.47. The van der Waals surface area contributed by atoms with Gasteiger partial charge in [-0.3, -0.25) is 9.59 Å². The molecule has 1 aromatic rings. The number of nitrogens with two attached hydrogens (primary N) is 2. The van der Waals surface area contributed by atoms with E-state index in [2.05, 4.69) is 20.8 Å². The average molecular weight is 373 g/mol. The number of carboxylic acid groups (broad SMARTS) is 1. The first kappa shape index (κ1) is 20.8. The Morgan fingerprint density at radius 1 is 1.23 bits per heavy atom. The summed E-state index contributed by atoms with van der Waals surface area (Å²) in [6.45, 7) is -0.181. The van der Waals surface area contributed by atoms with Gasteiger partial charge >= 0.3 is 18.0 Å². The largest absolute Gasteiger partial charge is 0.563 e. The van der Waals surface area contributed by atoms with Crippen molar-refractivity contribution in [1.82, 2.24) is 20.8 Å². The number of carbonyl (C=O) groups is 4. The summed E-state index contributed by atoms with van der Waals surface area (Å²) in [5.74, 6) is -2.59. The fourth-order valence-corrected chi connectivity index (χ4v) is 1.82. The van der Waals surface area contributed by atoms with E-state index in [-0.39, 0.29) is 43.9 Å². The molecule has 0 spiro atoms. The van der Waals surface area contributed by atoms with Crippen LogP contribution in [0.25, 0.3) is 0 Å². The highest BCUT2D eigenvalue weighted by molar-refractivity contribution is 5.82. The fraction of sp³-hybridized carbons (Fsp3) is 0.538. The molecule has 0 bridgehead atoms. The summed E-state index contributed by atoms with van der Waals surface area (Å²) >= 11 is 0. The lowest BCUT2D eigenvalue weighted by Crippen LogP contribution is -2.46. The van der Waals surface area contributed by atoms with Crippen LogP contribution in [-0.4, -0.2) is 50.3 Å². The molecule has 2 atom stereocenters. The molecule has 0 saturated carbocycles. The molecular formula is C13H21N6O7+. The van der Waals surface area contributed by atoms with Gasteiger partial charge < -0.3 is 36.8 Å². The standard InChI is InChI=1S/C13H20N6O7/c14-6(1-3-8(15)20)11-18-9(26-19-11)5-16-13(25)17-7(12(23)24)2-4-10(21)22/h6-7H,1-5,14H2,(H2,15,20)(H,21,22)(H,23,24)(H2,16,17,25)/p+1/t6-,7-/m0/s1. The molecular weight excluding hydrogens is 352 g/mol. The van der Waals surface area contributed by atoms with Gasteiger partial charge in [-0.15, -0.1) is 0 Å². The molecule has 9 N–H and O–H groups in total. The second-order valence-electron chi connectivity index (χ2n) is 5.33. The number of amides is 3. The lowest BCUT2D eigenvalue weighted by atomic mass is 10.1. The van der Waals surface area contributed by atoms with Crippen LogP contribution in [0, 0.1) is 0 Å². The molecule has 0 aliphatic heterocycles. The Morgan fingerprint density at radius 2 is 1.92 bits per heavy atom. The summed E-state index contributed by atoms with van der Waals surface area (Å²) in [6.07, 6.45) is -0.278. The van der Waals surface area contributed by atoms with E-state index < -0.39 is 36.0 Å². The normalized spacial score (nSPS) is 12.8. The molecule has 0 aliphatic rings. The quantitative estimate of drug-likeness (QED) is 0.260. The minimum atomic E-state index is -1.24. The lowest BCUT2D eigenvalue weighted by molar-refractivity contribution is -0.140. The maximum absolute atomic E-state index is 11.7. The number of rotatable bonds is 11. The Kier molecular flexibility index (Phi) is 7.95. The molecule has 3 amide bonds. The first-order valence-corrected chi connectivity index (χ1v) is 7.57. The molecule has 0 radical (unpaired) electrons. The SMILES string of the molecule is NC(=O)CC[C@H](N)c1noc(CNC(=O)N[C@@H](CCC(=O)O)C(=O)[OH2+])n1. The number of nitrogens with zero attached hydrogens (tertiary/aromatic N) is 2. The van der Waals surface area contributed by atoms with Crippen molar-refractivity contribution < 1.29 is 33.9 Å². The topological polar surface area (TPSA) is 226 Å². The van der Waals surface area contributed by atoms with Crippen LogP contribution in [0.1, 0.15) is 43.4 Å². The Labute approximate surface area is 147 Å². The van der Waals surface area contributed by atoms with E-state index in [9.17, 15) is 19.2 Å². The van der Waals surface area contributed by atoms with Crippen LogP contribution in [0.3, 0.4) is 0 Å². The fourth-order valence-electron chi connectivity index (χ4n) is 1.82. The number of urea groups is 1. The van der Waals surface area contributed by atoms with Crippen LogP contribution in [0.2, 0.25) is 0 Å². The van der Waals surface area contributed by atoms with Crippen molar-refractivity contribution in [1.29, 1.82) is 0 Å². The minimum absolute atomic E-state index is 0.0314. The van der Waals surface area contributed by atoms with Crippen LogP contribution in [-0.2, 0) is 20.9 Å². The van der Waals surface area contributed by atoms with E-state index >= 15 is 0 Å². The Hall–Kier alpha value is -3.22. The highest BCUT2D eigenvalue weighted by Crippen LogP contribution is 2.12. The summed E-state index contributed by atoms with van der Waals surface area (Å²) in [7, 11) is 0. The highest BCUT2D eigenvalue weighted by atomic mass is 16.5. The number of nitrogens with one attached hydrogen (secondary N) is 2. The molecule has 13 heteroatoms. The van der Waals surface area contributed by atoms with Gasteiger partial charge in [-0.1, -0.05) is 5.16 Å². The zero-order valence-corrected chi connectivity index (χ0v) is 13.7. The van der Waals surface area contributed by atoms with Crippen LogP contribution in [0.5, 0.6) is 0 Å². The van der Waals surface area contributed by atoms with Crippen LogP contribution in [0.15, 0.2) is 4.52 Å². The van der Waals surface area contributed by atoms with Crippen LogP contribution in [0.4, 0.5) is 4.79 Å². The smallest absolute Gasteiger partial charge is 0.538 e. The molecule has 0 unspecified atom stereocenters. The van der Waals surface area contributed by atoms with Gasteiger partial charge in [0.15, 0.2) is 11.9 Å². The van der Waals surface area contributed by atoms with Gasteiger partial charge in [-0.2, -0.15) is 4.98 Å². The summed E-state index contributed by atoms with van der Waals surface area (Å²) in [4.78, 5) is 48.0. The Morgan fingerprint density at radius 3 is 2.50 bits per heavy atom. The third kappa shape index (κ3) is 7.57. The number of primary amides is 1. The summed E-state index contributed by atoms with van der Waals surface area (Å²) in [6, 6.07) is -2.71. The monoisotopic (exact) mass is 373 g/mol. The van der Waals surface area contributed by atoms with Gasteiger partial charge in [0, 0.05) is 17.6 Å². The molecule has 0 aliphatic carbocycles. The second-order valence-corrected chi connectivity index (χ2v) is 5.33. The van der Waals surface area contributed by atoms with Crippen LogP contribution < -0.4 is 22.1 Å². The number of hydrogen-bond donors (Lipinski definition) is 5. The maximum atomic E-state index is 11.7. The highest BCUT2D eigenvalue weighted by Gasteiger charge is 2.27. The molecule has 1 heterocycles. The number of aromatic nitrogens is 2. The molecule has 0 saturated heterocycles. The molecule has 0 aromatic carbocycles. The van der Waals surface area contributed by atoms with Gasteiger partial charge in [-0.05, 0) is 12.8 Å².